The van der Waals surface area contributed by atoms with E-state index in [-0.39, 0.29) is 10.6 Å². The van der Waals surface area contributed by atoms with E-state index in [1.54, 1.807) is 34.9 Å². The Labute approximate surface area is 118 Å². The fraction of sp³-hybridized carbons (Fsp3) is 0. The van der Waals surface area contributed by atoms with Gasteiger partial charge in [-0.05, 0) is 24.3 Å². The van der Waals surface area contributed by atoms with Crippen molar-refractivity contribution in [1.29, 1.82) is 0 Å². The summed E-state index contributed by atoms with van der Waals surface area (Å²) in [6.07, 6.45) is 1.63. The fourth-order valence-electron chi connectivity index (χ4n) is 1.92. The molecular formula is C13H8Cl2FN3. The number of imidazole rings is 1. The van der Waals surface area contributed by atoms with E-state index >= 15 is 0 Å². The zero-order chi connectivity index (χ0) is 13.6. The number of pyridine rings is 1. The summed E-state index contributed by atoms with van der Waals surface area (Å²) in [5.41, 5.74) is 7.20. The predicted molar refractivity (Wildman–Crippen MR) is 75.0 cm³/mol. The van der Waals surface area contributed by atoms with Crippen molar-refractivity contribution in [2.75, 3.05) is 5.73 Å². The minimum atomic E-state index is -0.537. The van der Waals surface area contributed by atoms with Gasteiger partial charge in [0.05, 0.1) is 10.0 Å². The van der Waals surface area contributed by atoms with E-state index in [0.29, 0.717) is 22.2 Å². The third kappa shape index (κ3) is 1.93. The van der Waals surface area contributed by atoms with Gasteiger partial charge in [-0.1, -0.05) is 29.3 Å². The molecule has 0 fully saturated rings. The van der Waals surface area contributed by atoms with Crippen LogP contribution in [-0.4, -0.2) is 9.38 Å². The maximum absolute atomic E-state index is 14.0. The van der Waals surface area contributed by atoms with Gasteiger partial charge in [0.1, 0.15) is 17.2 Å². The largest absolute Gasteiger partial charge is 0.383 e. The summed E-state index contributed by atoms with van der Waals surface area (Å²) in [4.78, 5) is 4.31. The minimum absolute atomic E-state index is 0.0342. The molecule has 2 aromatic heterocycles. The van der Waals surface area contributed by atoms with Gasteiger partial charge in [-0.25, -0.2) is 9.37 Å². The molecule has 0 saturated heterocycles. The molecule has 3 nitrogen and oxygen atoms in total. The van der Waals surface area contributed by atoms with E-state index in [1.165, 1.54) is 6.07 Å². The number of halogens is 3. The smallest absolute Gasteiger partial charge is 0.151 e. The van der Waals surface area contributed by atoms with Crippen LogP contribution in [0.25, 0.3) is 16.9 Å². The lowest BCUT2D eigenvalue weighted by molar-refractivity contribution is 0.631. The van der Waals surface area contributed by atoms with Crippen molar-refractivity contribution in [3.05, 3.63) is 52.4 Å². The number of nitrogens with zero attached hydrogens (tertiary/aromatic N) is 2. The molecule has 0 spiro atoms. The molecule has 0 aliphatic rings. The SMILES string of the molecule is Nc1c(-c2cccc(Cl)c2F)nc2ccc(Cl)cn12. The Morgan fingerprint density at radius 1 is 1.16 bits per heavy atom. The summed E-state index contributed by atoms with van der Waals surface area (Å²) < 4.78 is 15.6. The lowest BCUT2D eigenvalue weighted by Crippen LogP contribution is -1.95. The van der Waals surface area contributed by atoms with Gasteiger partial charge < -0.3 is 5.73 Å². The predicted octanol–water partition coefficient (Wildman–Crippen LogP) is 4.03. The highest BCUT2D eigenvalue weighted by Crippen LogP contribution is 2.31. The number of nitrogen functional groups attached to an aromatic ring is 1. The molecule has 0 saturated carbocycles. The van der Waals surface area contributed by atoms with Crippen LogP contribution in [0.5, 0.6) is 0 Å². The van der Waals surface area contributed by atoms with Crippen molar-refractivity contribution in [3.8, 4) is 11.3 Å². The molecule has 0 amide bonds. The van der Waals surface area contributed by atoms with Gasteiger partial charge in [-0.15, -0.1) is 0 Å². The normalized spacial score (nSPS) is 11.1. The van der Waals surface area contributed by atoms with Crippen LogP contribution in [0.4, 0.5) is 10.2 Å². The van der Waals surface area contributed by atoms with E-state index in [0.717, 1.165) is 0 Å². The zero-order valence-corrected chi connectivity index (χ0v) is 11.1. The van der Waals surface area contributed by atoms with Gasteiger partial charge in [0.15, 0.2) is 5.82 Å². The Morgan fingerprint density at radius 3 is 2.74 bits per heavy atom. The topological polar surface area (TPSA) is 43.3 Å². The molecule has 0 radical (unpaired) electrons. The van der Waals surface area contributed by atoms with E-state index in [1.807, 2.05) is 0 Å². The average Bonchev–Trinajstić information content (AvgIpc) is 2.70. The molecule has 0 unspecified atom stereocenters. The van der Waals surface area contributed by atoms with E-state index in [2.05, 4.69) is 4.98 Å². The monoisotopic (exact) mass is 295 g/mol. The van der Waals surface area contributed by atoms with Gasteiger partial charge >= 0.3 is 0 Å². The summed E-state index contributed by atoms with van der Waals surface area (Å²) in [5.74, 6) is -0.218. The lowest BCUT2D eigenvalue weighted by Gasteiger charge is -2.02. The van der Waals surface area contributed by atoms with Crippen molar-refractivity contribution in [2.24, 2.45) is 0 Å². The zero-order valence-electron chi connectivity index (χ0n) is 9.57. The molecule has 3 aromatic rings. The summed E-state index contributed by atoms with van der Waals surface area (Å²) in [5, 5.41) is 0.557. The molecule has 2 heterocycles. The van der Waals surface area contributed by atoms with Crippen LogP contribution in [0.1, 0.15) is 0 Å². The molecule has 6 heteroatoms. The van der Waals surface area contributed by atoms with Crippen LogP contribution in [0.15, 0.2) is 36.5 Å². The summed E-state index contributed by atoms with van der Waals surface area (Å²) in [6.45, 7) is 0. The van der Waals surface area contributed by atoms with Crippen LogP contribution in [0, 0.1) is 5.82 Å². The van der Waals surface area contributed by atoms with Crippen molar-refractivity contribution < 1.29 is 4.39 Å². The second-order valence-corrected chi connectivity index (χ2v) is 4.87. The molecular weight excluding hydrogens is 288 g/mol. The Balaban J connectivity index is 2.31. The number of anilines is 1. The van der Waals surface area contributed by atoms with E-state index < -0.39 is 5.82 Å². The lowest BCUT2D eigenvalue weighted by atomic mass is 10.1. The summed E-state index contributed by atoms with van der Waals surface area (Å²) in [7, 11) is 0. The van der Waals surface area contributed by atoms with Gasteiger partial charge in [-0.2, -0.15) is 0 Å². The van der Waals surface area contributed by atoms with Crippen molar-refractivity contribution in [1.82, 2.24) is 9.38 Å². The standard InChI is InChI=1S/C13H8Cl2FN3/c14-7-4-5-10-18-12(13(17)19(10)6-7)8-2-1-3-9(15)11(8)16/h1-6H,17H2. The molecule has 3 rings (SSSR count). The average molecular weight is 296 g/mol. The molecule has 0 bridgehead atoms. The Bertz CT molecular complexity index is 783. The van der Waals surface area contributed by atoms with Crippen LogP contribution >= 0.6 is 23.2 Å². The number of nitrogens with two attached hydrogens (primary N) is 1. The Hall–Kier alpha value is -1.78. The minimum Gasteiger partial charge on any atom is -0.383 e. The van der Waals surface area contributed by atoms with Gasteiger partial charge in [0.25, 0.3) is 0 Å². The van der Waals surface area contributed by atoms with Crippen molar-refractivity contribution in [2.45, 2.75) is 0 Å². The molecule has 0 aliphatic heterocycles. The van der Waals surface area contributed by atoms with Gasteiger partial charge in [0, 0.05) is 11.8 Å². The number of aromatic nitrogens is 2. The number of fused-ring (bicyclic) bond motifs is 1. The first kappa shape index (κ1) is 12.3. The first-order valence-corrected chi connectivity index (χ1v) is 6.21. The molecule has 2 N–H and O–H groups in total. The van der Waals surface area contributed by atoms with E-state index in [4.69, 9.17) is 28.9 Å². The summed E-state index contributed by atoms with van der Waals surface area (Å²) in [6, 6.07) is 8.12. The maximum atomic E-state index is 14.0. The molecule has 0 aliphatic carbocycles. The van der Waals surface area contributed by atoms with Gasteiger partial charge in [-0.3, -0.25) is 4.40 Å². The highest BCUT2D eigenvalue weighted by molar-refractivity contribution is 6.31. The third-order valence-corrected chi connectivity index (χ3v) is 3.34. The van der Waals surface area contributed by atoms with Crippen molar-refractivity contribution in [3.63, 3.8) is 0 Å². The Morgan fingerprint density at radius 2 is 1.95 bits per heavy atom. The van der Waals surface area contributed by atoms with Crippen LogP contribution in [-0.2, 0) is 0 Å². The van der Waals surface area contributed by atoms with Gasteiger partial charge in [0.2, 0.25) is 0 Å². The van der Waals surface area contributed by atoms with Crippen LogP contribution in [0.2, 0.25) is 10.0 Å². The van der Waals surface area contributed by atoms with E-state index in [9.17, 15) is 4.39 Å². The first-order valence-electron chi connectivity index (χ1n) is 5.45. The van der Waals surface area contributed by atoms with Crippen LogP contribution < -0.4 is 5.73 Å². The fourth-order valence-corrected chi connectivity index (χ4v) is 2.26. The quantitative estimate of drug-likeness (QED) is 0.736. The molecule has 0 atom stereocenters. The molecule has 19 heavy (non-hydrogen) atoms. The van der Waals surface area contributed by atoms with Crippen LogP contribution in [0.3, 0.4) is 0 Å². The number of rotatable bonds is 1. The summed E-state index contributed by atoms with van der Waals surface area (Å²) >= 11 is 11.7. The number of benzene rings is 1. The van der Waals surface area contributed by atoms with Crippen molar-refractivity contribution >= 4 is 34.7 Å². The Kier molecular flexibility index (Phi) is 2.84. The second-order valence-electron chi connectivity index (χ2n) is 4.02. The first-order chi connectivity index (χ1) is 9.08. The second kappa shape index (κ2) is 4.40. The maximum Gasteiger partial charge on any atom is 0.151 e. The molecule has 1 aromatic carbocycles. The highest BCUT2D eigenvalue weighted by Gasteiger charge is 2.16. The third-order valence-electron chi connectivity index (χ3n) is 2.83. The highest BCUT2D eigenvalue weighted by atomic mass is 35.5. The molecule has 96 valence electrons. The number of hydrogen-bond donors (Lipinski definition) is 1. The number of hydrogen-bond acceptors (Lipinski definition) is 2.